The molecular weight excluding hydrogens is 232 g/mol. The third-order valence-electron chi connectivity index (χ3n) is 1.30. The minimum atomic E-state index is 0. The molecule has 1 aliphatic carbocycles. The van der Waals surface area contributed by atoms with E-state index in [4.69, 9.17) is 11.6 Å². The van der Waals surface area contributed by atoms with Crippen LogP contribution >= 0.6 is 11.6 Å². The molecule has 11 heavy (non-hydrogen) atoms. The summed E-state index contributed by atoms with van der Waals surface area (Å²) >= 11 is 5.69. The first kappa shape index (κ1) is 14.0. The molecule has 1 rings (SSSR count). The molecule has 0 N–H and O–H groups in total. The number of halogens is 2. The van der Waals surface area contributed by atoms with Gasteiger partial charge in [0.2, 0.25) is 0 Å². The van der Waals surface area contributed by atoms with Gasteiger partial charge in [0.1, 0.15) is 5.38 Å². The molecule has 0 aromatic carbocycles. The molecule has 0 aromatic heterocycles. The van der Waals surface area contributed by atoms with Crippen molar-refractivity contribution in [3.63, 3.8) is 0 Å². The fourth-order valence-corrected chi connectivity index (χ4v) is 0.886. The molecule has 0 aromatic rings. The Bertz CT molecular complexity index is 194. The van der Waals surface area contributed by atoms with Crippen LogP contribution in [0.3, 0.4) is 0 Å². The van der Waals surface area contributed by atoms with Crippen molar-refractivity contribution in [2.24, 2.45) is 0 Å². The maximum absolute atomic E-state index is 5.69. The SMILES string of the molecule is C=C1C=C[C](Cl)C=C1C.[Cl-].[Zn]. The Labute approximate surface area is 91.6 Å². The molecule has 0 heterocycles. The summed E-state index contributed by atoms with van der Waals surface area (Å²) in [7, 11) is 0. The summed E-state index contributed by atoms with van der Waals surface area (Å²) in [6.45, 7) is 5.80. The normalized spacial score (nSPS) is 16.5. The molecular formula is C8H8Cl2Zn-. The van der Waals surface area contributed by atoms with Crippen LogP contribution in [0.1, 0.15) is 6.92 Å². The number of hydrogen-bond acceptors (Lipinski definition) is 0. The van der Waals surface area contributed by atoms with Gasteiger partial charge in [-0.15, -0.1) is 11.6 Å². The number of allylic oxidation sites excluding steroid dienone is 5. The molecule has 0 fully saturated rings. The Balaban J connectivity index is 0. The van der Waals surface area contributed by atoms with E-state index < -0.39 is 0 Å². The van der Waals surface area contributed by atoms with Gasteiger partial charge in [-0.3, -0.25) is 0 Å². The van der Waals surface area contributed by atoms with Crippen molar-refractivity contribution in [1.82, 2.24) is 0 Å². The Kier molecular flexibility index (Phi) is 7.62. The van der Waals surface area contributed by atoms with E-state index in [1.807, 2.05) is 25.2 Å². The molecule has 0 saturated heterocycles. The third-order valence-corrected chi connectivity index (χ3v) is 1.54. The van der Waals surface area contributed by atoms with Gasteiger partial charge in [-0.05, 0) is 18.1 Å². The molecule has 57 valence electrons. The maximum atomic E-state index is 5.69. The van der Waals surface area contributed by atoms with Crippen LogP contribution in [0.5, 0.6) is 0 Å². The van der Waals surface area contributed by atoms with Gasteiger partial charge in [0.25, 0.3) is 0 Å². The van der Waals surface area contributed by atoms with Gasteiger partial charge < -0.3 is 12.4 Å². The molecule has 1 radical (unpaired) electrons. The van der Waals surface area contributed by atoms with E-state index >= 15 is 0 Å². The van der Waals surface area contributed by atoms with Crippen molar-refractivity contribution < 1.29 is 31.9 Å². The fourth-order valence-electron chi connectivity index (χ4n) is 0.659. The molecule has 0 bridgehead atoms. The van der Waals surface area contributed by atoms with E-state index in [9.17, 15) is 0 Å². The molecule has 0 atom stereocenters. The van der Waals surface area contributed by atoms with Crippen LogP contribution in [0.4, 0.5) is 0 Å². The Morgan fingerprint density at radius 3 is 2.27 bits per heavy atom. The van der Waals surface area contributed by atoms with Crippen LogP contribution in [0.25, 0.3) is 0 Å². The molecule has 0 spiro atoms. The van der Waals surface area contributed by atoms with Gasteiger partial charge in [-0.25, -0.2) is 0 Å². The van der Waals surface area contributed by atoms with Gasteiger partial charge in [0.05, 0.1) is 0 Å². The summed E-state index contributed by atoms with van der Waals surface area (Å²) in [6.07, 6.45) is 5.67. The Morgan fingerprint density at radius 1 is 1.36 bits per heavy atom. The first-order chi connectivity index (χ1) is 4.20. The van der Waals surface area contributed by atoms with Crippen LogP contribution in [0, 0.1) is 5.38 Å². The van der Waals surface area contributed by atoms with Crippen molar-refractivity contribution in [1.29, 1.82) is 0 Å². The van der Waals surface area contributed by atoms with E-state index in [2.05, 4.69) is 6.58 Å². The zero-order valence-corrected chi connectivity index (χ0v) is 10.9. The van der Waals surface area contributed by atoms with E-state index in [1.165, 1.54) is 0 Å². The molecule has 0 saturated carbocycles. The smallest absolute Gasteiger partial charge is 0.108 e. The van der Waals surface area contributed by atoms with Crippen LogP contribution in [0.2, 0.25) is 0 Å². The topological polar surface area (TPSA) is 0 Å². The largest absolute Gasteiger partial charge is 1.00 e. The monoisotopic (exact) mass is 238 g/mol. The predicted molar refractivity (Wildman–Crippen MR) is 41.1 cm³/mol. The fraction of sp³-hybridized carbons (Fsp3) is 0.125. The van der Waals surface area contributed by atoms with Crippen molar-refractivity contribution in [2.75, 3.05) is 0 Å². The Hall–Kier alpha value is 0.423. The molecule has 0 aliphatic heterocycles. The molecule has 1 aliphatic rings. The van der Waals surface area contributed by atoms with Crippen LogP contribution < -0.4 is 12.4 Å². The van der Waals surface area contributed by atoms with E-state index in [-0.39, 0.29) is 31.9 Å². The van der Waals surface area contributed by atoms with Gasteiger partial charge in [-0.1, -0.05) is 24.8 Å². The quantitative estimate of drug-likeness (QED) is 0.516. The van der Waals surface area contributed by atoms with Crippen LogP contribution in [0.15, 0.2) is 36.0 Å². The average molecular weight is 240 g/mol. The summed E-state index contributed by atoms with van der Waals surface area (Å²) in [5, 5.41) is 0.778. The van der Waals surface area contributed by atoms with E-state index in [0.717, 1.165) is 16.5 Å². The van der Waals surface area contributed by atoms with Crippen molar-refractivity contribution in [3.8, 4) is 0 Å². The van der Waals surface area contributed by atoms with E-state index in [0.29, 0.717) is 0 Å². The summed E-state index contributed by atoms with van der Waals surface area (Å²) in [5.41, 5.74) is 2.18. The van der Waals surface area contributed by atoms with Gasteiger partial charge in [0.15, 0.2) is 0 Å². The van der Waals surface area contributed by atoms with Crippen LogP contribution in [-0.4, -0.2) is 0 Å². The minimum Gasteiger partial charge on any atom is -1.00 e. The van der Waals surface area contributed by atoms with Crippen molar-refractivity contribution in [3.05, 3.63) is 41.3 Å². The summed E-state index contributed by atoms with van der Waals surface area (Å²) in [4.78, 5) is 0. The molecule has 0 amide bonds. The third kappa shape index (κ3) is 4.10. The van der Waals surface area contributed by atoms with Crippen molar-refractivity contribution >= 4 is 11.6 Å². The average Bonchev–Trinajstić information content (AvgIpc) is 1.80. The number of rotatable bonds is 0. The second-order valence-electron chi connectivity index (χ2n) is 2.07. The molecule has 0 unspecified atom stereocenters. The summed E-state index contributed by atoms with van der Waals surface area (Å²) < 4.78 is 0. The first-order valence-electron chi connectivity index (χ1n) is 2.78. The van der Waals surface area contributed by atoms with Gasteiger partial charge in [0, 0.05) is 19.5 Å². The van der Waals surface area contributed by atoms with Gasteiger partial charge in [-0.2, -0.15) is 0 Å². The standard InChI is InChI=1S/C8H8Cl.ClH.Zn/c1-6-3-4-8(9)5-7(6)2;;/h3-5H,1H2,2H3;1H;/p-1. The van der Waals surface area contributed by atoms with Crippen LogP contribution in [-0.2, 0) is 19.5 Å². The first-order valence-corrected chi connectivity index (χ1v) is 3.16. The molecule has 3 heteroatoms. The zero-order chi connectivity index (χ0) is 6.85. The predicted octanol–water partition coefficient (Wildman–Crippen LogP) is -0.169. The summed E-state index contributed by atoms with van der Waals surface area (Å²) in [6, 6.07) is 0. The second kappa shape index (κ2) is 6.00. The second-order valence-corrected chi connectivity index (χ2v) is 2.51. The number of hydrogen-bond donors (Lipinski definition) is 0. The van der Waals surface area contributed by atoms with Gasteiger partial charge >= 0.3 is 0 Å². The van der Waals surface area contributed by atoms with Crippen molar-refractivity contribution in [2.45, 2.75) is 6.92 Å². The zero-order valence-electron chi connectivity index (χ0n) is 6.40. The maximum Gasteiger partial charge on any atom is 0.108 e. The minimum absolute atomic E-state index is 0. The molecule has 0 nitrogen and oxygen atoms in total. The Morgan fingerprint density at radius 2 is 1.91 bits per heavy atom. The van der Waals surface area contributed by atoms with E-state index in [1.54, 1.807) is 0 Å². The summed E-state index contributed by atoms with van der Waals surface area (Å²) in [5.74, 6) is 0.